The molecule has 1 heterocycles. The minimum Gasteiger partial charge on any atom is -0.348 e. The Balaban J connectivity index is 1.38. The van der Waals surface area contributed by atoms with Gasteiger partial charge in [0, 0.05) is 11.8 Å². The molecule has 3 amide bonds. The van der Waals surface area contributed by atoms with Gasteiger partial charge in [0.1, 0.15) is 6.04 Å². The SMILES string of the molecule is CC(C)CC(C(=O)NC(C)c1ccccc1)N1C(=O)C2C3c4ccccc4C(c4ccccc43)C2C1=O. The van der Waals surface area contributed by atoms with Gasteiger partial charge in [-0.15, -0.1) is 0 Å². The average molecular weight is 493 g/mol. The van der Waals surface area contributed by atoms with E-state index in [1.165, 1.54) is 4.90 Å². The van der Waals surface area contributed by atoms with Crippen LogP contribution in [0.4, 0.5) is 0 Å². The number of carbonyl (C=O) groups excluding carboxylic acids is 3. The molecule has 4 unspecified atom stereocenters. The lowest BCUT2D eigenvalue weighted by Gasteiger charge is -2.45. The van der Waals surface area contributed by atoms with Crippen molar-refractivity contribution in [2.45, 2.75) is 51.1 Å². The van der Waals surface area contributed by atoms with E-state index in [0.717, 1.165) is 27.8 Å². The first-order valence-electron chi connectivity index (χ1n) is 13.3. The third kappa shape index (κ3) is 3.63. The maximum atomic E-state index is 14.2. The Morgan fingerprint density at radius 2 is 1.16 bits per heavy atom. The van der Waals surface area contributed by atoms with Crippen molar-refractivity contribution in [3.63, 3.8) is 0 Å². The van der Waals surface area contributed by atoms with Crippen molar-refractivity contribution in [2.75, 3.05) is 0 Å². The quantitative estimate of drug-likeness (QED) is 0.483. The van der Waals surface area contributed by atoms with Crippen molar-refractivity contribution >= 4 is 17.7 Å². The first-order chi connectivity index (χ1) is 17.9. The third-order valence-electron chi connectivity index (χ3n) is 8.45. The molecule has 1 saturated heterocycles. The number of carbonyl (C=O) groups is 3. The number of likely N-dealkylation sites (tertiary alicyclic amines) is 1. The van der Waals surface area contributed by atoms with Crippen LogP contribution in [0.2, 0.25) is 0 Å². The summed E-state index contributed by atoms with van der Waals surface area (Å²) in [6, 6.07) is 25.1. The molecule has 1 aliphatic heterocycles. The smallest absolute Gasteiger partial charge is 0.243 e. The van der Waals surface area contributed by atoms with E-state index in [1.54, 1.807) is 0 Å². The Bertz CT molecular complexity index is 1270. The predicted octanol–water partition coefficient (Wildman–Crippen LogP) is 5.17. The van der Waals surface area contributed by atoms with Crippen molar-refractivity contribution in [3.8, 4) is 0 Å². The number of hydrogen-bond acceptors (Lipinski definition) is 3. The molecule has 1 N–H and O–H groups in total. The zero-order chi connectivity index (χ0) is 25.8. The molecule has 3 aromatic rings. The van der Waals surface area contributed by atoms with E-state index in [9.17, 15) is 14.4 Å². The molecule has 3 aromatic carbocycles. The van der Waals surface area contributed by atoms with Gasteiger partial charge in [-0.2, -0.15) is 0 Å². The first-order valence-corrected chi connectivity index (χ1v) is 13.3. The second-order valence-corrected chi connectivity index (χ2v) is 11.1. The first kappa shape index (κ1) is 23.7. The number of hydrogen-bond donors (Lipinski definition) is 1. The van der Waals surface area contributed by atoms with Gasteiger partial charge in [-0.25, -0.2) is 0 Å². The Morgan fingerprint density at radius 1 is 0.730 bits per heavy atom. The molecule has 5 heteroatoms. The Morgan fingerprint density at radius 3 is 1.59 bits per heavy atom. The van der Waals surface area contributed by atoms with E-state index in [4.69, 9.17) is 0 Å². The molecule has 1 fully saturated rings. The van der Waals surface area contributed by atoms with Gasteiger partial charge in [0.15, 0.2) is 0 Å². The highest BCUT2D eigenvalue weighted by molar-refractivity contribution is 6.10. The molecule has 5 nitrogen and oxygen atoms in total. The van der Waals surface area contributed by atoms with Crippen molar-refractivity contribution in [2.24, 2.45) is 17.8 Å². The summed E-state index contributed by atoms with van der Waals surface area (Å²) in [4.78, 5) is 43.4. The highest BCUT2D eigenvalue weighted by atomic mass is 16.2. The molecule has 188 valence electrons. The minimum atomic E-state index is -0.831. The Kier molecular flexibility index (Phi) is 5.74. The number of benzene rings is 3. The molecular weight excluding hydrogens is 460 g/mol. The van der Waals surface area contributed by atoms with Crippen molar-refractivity contribution in [3.05, 3.63) is 107 Å². The van der Waals surface area contributed by atoms with Crippen LogP contribution in [0.5, 0.6) is 0 Å². The van der Waals surface area contributed by atoms with Gasteiger partial charge in [0.05, 0.1) is 17.9 Å². The van der Waals surface area contributed by atoms with Crippen LogP contribution in [-0.4, -0.2) is 28.7 Å². The Hall–Kier alpha value is -3.73. The lowest BCUT2D eigenvalue weighted by Crippen LogP contribution is -2.51. The monoisotopic (exact) mass is 492 g/mol. The molecule has 0 radical (unpaired) electrons. The summed E-state index contributed by atoms with van der Waals surface area (Å²) < 4.78 is 0. The second-order valence-electron chi connectivity index (χ2n) is 11.1. The van der Waals surface area contributed by atoms with Crippen molar-refractivity contribution in [1.82, 2.24) is 10.2 Å². The minimum absolute atomic E-state index is 0.136. The van der Waals surface area contributed by atoms with Crippen LogP contribution in [0.25, 0.3) is 0 Å². The number of nitrogens with one attached hydrogen (secondary N) is 1. The van der Waals surface area contributed by atoms with Crippen LogP contribution < -0.4 is 5.32 Å². The van der Waals surface area contributed by atoms with Gasteiger partial charge in [-0.05, 0) is 47.1 Å². The van der Waals surface area contributed by atoms with Gasteiger partial charge in [-0.3, -0.25) is 19.3 Å². The van der Waals surface area contributed by atoms with E-state index in [1.807, 2.05) is 75.4 Å². The van der Waals surface area contributed by atoms with Crippen molar-refractivity contribution < 1.29 is 14.4 Å². The number of nitrogens with zero attached hydrogens (tertiary/aromatic N) is 1. The lowest BCUT2D eigenvalue weighted by atomic mass is 9.55. The molecule has 0 saturated carbocycles. The van der Waals surface area contributed by atoms with Crippen LogP contribution >= 0.6 is 0 Å². The summed E-state index contributed by atoms with van der Waals surface area (Å²) in [7, 11) is 0. The van der Waals surface area contributed by atoms with Crippen LogP contribution in [-0.2, 0) is 14.4 Å². The maximum absolute atomic E-state index is 14.2. The summed E-state index contributed by atoms with van der Waals surface area (Å²) in [6.45, 7) is 5.98. The van der Waals surface area contributed by atoms with E-state index in [0.29, 0.717) is 6.42 Å². The lowest BCUT2D eigenvalue weighted by molar-refractivity contribution is -0.148. The molecule has 4 aliphatic rings. The fourth-order valence-electron chi connectivity index (χ4n) is 6.92. The molecule has 0 spiro atoms. The maximum Gasteiger partial charge on any atom is 0.243 e. The van der Waals surface area contributed by atoms with E-state index < -0.39 is 17.9 Å². The average Bonchev–Trinajstić information content (AvgIpc) is 3.17. The summed E-state index contributed by atoms with van der Waals surface area (Å²) in [5.41, 5.74) is 5.53. The second kappa shape index (κ2) is 8.98. The largest absolute Gasteiger partial charge is 0.348 e. The zero-order valence-corrected chi connectivity index (χ0v) is 21.4. The molecule has 3 aliphatic carbocycles. The van der Waals surface area contributed by atoms with E-state index in [-0.39, 0.29) is 41.5 Å². The topological polar surface area (TPSA) is 66.5 Å². The van der Waals surface area contributed by atoms with E-state index in [2.05, 4.69) is 29.6 Å². The molecular formula is C32H32N2O3. The standard InChI is InChI=1S/C32H32N2O3/c1-18(2)17-25(30(35)33-19(3)20-11-5-4-6-12-20)34-31(36)28-26-21-13-7-8-14-22(21)27(29(28)32(34)37)24-16-10-9-15-23(24)26/h4-16,18-19,25-29H,17H2,1-3H3,(H,33,35). The summed E-state index contributed by atoms with van der Waals surface area (Å²) in [6.07, 6.45) is 0.430. The van der Waals surface area contributed by atoms with Crippen LogP contribution in [0.3, 0.4) is 0 Å². The van der Waals surface area contributed by atoms with Crippen LogP contribution in [0, 0.1) is 17.8 Å². The number of amides is 3. The van der Waals surface area contributed by atoms with Gasteiger partial charge < -0.3 is 5.32 Å². The fourth-order valence-corrected chi connectivity index (χ4v) is 6.92. The molecule has 37 heavy (non-hydrogen) atoms. The van der Waals surface area contributed by atoms with Crippen LogP contribution in [0.15, 0.2) is 78.9 Å². The predicted molar refractivity (Wildman–Crippen MR) is 142 cm³/mol. The highest BCUT2D eigenvalue weighted by Crippen LogP contribution is 2.61. The van der Waals surface area contributed by atoms with Gasteiger partial charge in [0.2, 0.25) is 17.7 Å². The molecule has 2 bridgehead atoms. The summed E-state index contributed by atoms with van der Waals surface area (Å²) in [5.74, 6) is -1.84. The van der Waals surface area contributed by atoms with Gasteiger partial charge in [0.25, 0.3) is 0 Å². The van der Waals surface area contributed by atoms with Crippen LogP contribution in [0.1, 0.15) is 72.9 Å². The van der Waals surface area contributed by atoms with Gasteiger partial charge in [-0.1, -0.05) is 92.7 Å². The molecule has 7 rings (SSSR count). The highest BCUT2D eigenvalue weighted by Gasteiger charge is 2.63. The zero-order valence-electron chi connectivity index (χ0n) is 21.4. The third-order valence-corrected chi connectivity index (χ3v) is 8.45. The normalized spacial score (nSPS) is 24.9. The summed E-state index contributed by atoms with van der Waals surface area (Å²) >= 11 is 0. The van der Waals surface area contributed by atoms with Crippen molar-refractivity contribution in [1.29, 1.82) is 0 Å². The Labute approximate surface area is 217 Å². The van der Waals surface area contributed by atoms with Gasteiger partial charge >= 0.3 is 0 Å². The van der Waals surface area contributed by atoms with E-state index >= 15 is 0 Å². The summed E-state index contributed by atoms with van der Waals surface area (Å²) in [5, 5.41) is 3.09. The molecule has 0 aromatic heterocycles. The molecule has 4 atom stereocenters. The fraction of sp³-hybridized carbons (Fsp3) is 0.344. The number of rotatable bonds is 6. The number of imide groups is 1.